The van der Waals surface area contributed by atoms with E-state index in [9.17, 15) is 0 Å². The summed E-state index contributed by atoms with van der Waals surface area (Å²) in [4.78, 5) is 4.15. The van der Waals surface area contributed by atoms with Crippen LogP contribution in [0.5, 0.6) is 5.75 Å². The maximum atomic E-state index is 6.08. The van der Waals surface area contributed by atoms with Gasteiger partial charge < -0.3 is 9.30 Å². The van der Waals surface area contributed by atoms with Gasteiger partial charge in [0.05, 0.1) is 19.0 Å². The molecular formula is C13H15ClN2O. The molecule has 0 saturated carbocycles. The molecule has 1 heterocycles. The number of rotatable bonds is 3. The summed E-state index contributed by atoms with van der Waals surface area (Å²) in [7, 11) is 1.66. The van der Waals surface area contributed by atoms with Gasteiger partial charge in [0, 0.05) is 11.6 Å². The van der Waals surface area contributed by atoms with Gasteiger partial charge in [0.15, 0.2) is 0 Å². The lowest BCUT2D eigenvalue weighted by Gasteiger charge is -2.13. The molecule has 4 heteroatoms. The lowest BCUT2D eigenvalue weighted by molar-refractivity contribution is 0.415. The van der Waals surface area contributed by atoms with Gasteiger partial charge in [-0.2, -0.15) is 0 Å². The zero-order chi connectivity index (χ0) is 12.4. The molecular weight excluding hydrogens is 236 g/mol. The number of methoxy groups -OCH3 is 1. The van der Waals surface area contributed by atoms with Crippen molar-refractivity contribution < 1.29 is 4.74 Å². The van der Waals surface area contributed by atoms with E-state index in [4.69, 9.17) is 16.3 Å². The Bertz CT molecular complexity index is 503. The minimum atomic E-state index is 0.280. The molecule has 2 rings (SSSR count). The molecule has 1 aromatic carbocycles. The van der Waals surface area contributed by atoms with Crippen LogP contribution in [0.3, 0.4) is 0 Å². The lowest BCUT2D eigenvalue weighted by Crippen LogP contribution is -2.02. The van der Waals surface area contributed by atoms with Crippen LogP contribution < -0.4 is 4.74 Å². The smallest absolute Gasteiger partial charge is 0.203 e. The predicted octanol–water partition coefficient (Wildman–Crippen LogP) is 3.79. The third-order valence-electron chi connectivity index (χ3n) is 2.65. The highest BCUT2D eigenvalue weighted by molar-refractivity contribution is 6.28. The molecule has 0 unspecified atom stereocenters. The summed E-state index contributed by atoms with van der Waals surface area (Å²) in [6.45, 7) is 4.17. The Hall–Kier alpha value is -1.48. The van der Waals surface area contributed by atoms with Gasteiger partial charge in [-0.3, -0.25) is 0 Å². The Kier molecular flexibility index (Phi) is 3.38. The van der Waals surface area contributed by atoms with E-state index >= 15 is 0 Å². The quantitative estimate of drug-likeness (QED) is 0.829. The molecule has 0 N–H and O–H groups in total. The number of halogens is 1. The number of nitrogens with zero attached hydrogens (tertiary/aromatic N) is 2. The lowest BCUT2D eigenvalue weighted by atomic mass is 10.1. The van der Waals surface area contributed by atoms with Crippen molar-refractivity contribution in [1.82, 2.24) is 9.55 Å². The number of hydrogen-bond acceptors (Lipinski definition) is 2. The minimum Gasteiger partial charge on any atom is -0.497 e. The van der Waals surface area contributed by atoms with E-state index in [-0.39, 0.29) is 6.04 Å². The van der Waals surface area contributed by atoms with Crippen LogP contribution in [-0.2, 0) is 0 Å². The zero-order valence-corrected chi connectivity index (χ0v) is 10.9. The molecule has 0 saturated heterocycles. The monoisotopic (exact) mass is 250 g/mol. The van der Waals surface area contributed by atoms with E-state index in [0.717, 1.165) is 17.0 Å². The average Bonchev–Trinajstić information content (AvgIpc) is 2.71. The third kappa shape index (κ3) is 2.29. The molecule has 0 aliphatic rings. The molecule has 90 valence electrons. The molecule has 0 atom stereocenters. The van der Waals surface area contributed by atoms with Gasteiger partial charge in [-0.1, -0.05) is 0 Å². The Morgan fingerprint density at radius 3 is 2.41 bits per heavy atom. The number of hydrogen-bond donors (Lipinski definition) is 0. The second-order valence-electron chi connectivity index (χ2n) is 4.10. The fraction of sp³-hybridized carbons (Fsp3) is 0.308. The highest BCUT2D eigenvalue weighted by atomic mass is 35.5. The molecule has 0 spiro atoms. The molecule has 1 aromatic heterocycles. The highest BCUT2D eigenvalue weighted by Crippen LogP contribution is 2.28. The topological polar surface area (TPSA) is 27.1 Å². The van der Waals surface area contributed by atoms with Crippen LogP contribution >= 0.6 is 11.6 Å². The van der Waals surface area contributed by atoms with Gasteiger partial charge in [-0.15, -0.1) is 0 Å². The number of aromatic nitrogens is 2. The summed E-state index contributed by atoms with van der Waals surface area (Å²) >= 11 is 6.08. The van der Waals surface area contributed by atoms with Crippen molar-refractivity contribution in [3.05, 3.63) is 35.7 Å². The first-order chi connectivity index (χ1) is 8.13. The predicted molar refractivity (Wildman–Crippen MR) is 69.6 cm³/mol. The van der Waals surface area contributed by atoms with Crippen molar-refractivity contribution >= 4 is 11.6 Å². The molecule has 2 aromatic rings. The van der Waals surface area contributed by atoms with Crippen molar-refractivity contribution in [2.45, 2.75) is 19.9 Å². The van der Waals surface area contributed by atoms with Gasteiger partial charge in [0.1, 0.15) is 5.75 Å². The molecule has 0 aliphatic carbocycles. The highest BCUT2D eigenvalue weighted by Gasteiger charge is 2.12. The van der Waals surface area contributed by atoms with Gasteiger partial charge in [-0.05, 0) is 49.7 Å². The van der Waals surface area contributed by atoms with Crippen LogP contribution in [0.4, 0.5) is 0 Å². The summed E-state index contributed by atoms with van der Waals surface area (Å²) in [6.07, 6.45) is 1.80. The molecule has 0 amide bonds. The molecule has 0 aliphatic heterocycles. The molecule has 0 radical (unpaired) electrons. The van der Waals surface area contributed by atoms with Crippen LogP contribution in [0.15, 0.2) is 30.5 Å². The normalized spacial score (nSPS) is 10.9. The van der Waals surface area contributed by atoms with E-state index in [1.165, 1.54) is 0 Å². The van der Waals surface area contributed by atoms with E-state index in [2.05, 4.69) is 18.8 Å². The molecule has 17 heavy (non-hydrogen) atoms. The number of imidazole rings is 1. The summed E-state index contributed by atoms with van der Waals surface area (Å²) in [5.74, 6) is 0.843. The van der Waals surface area contributed by atoms with Crippen LogP contribution in [0, 0.1) is 0 Å². The van der Waals surface area contributed by atoms with Crippen LogP contribution in [0.1, 0.15) is 19.9 Å². The van der Waals surface area contributed by atoms with E-state index in [1.54, 1.807) is 13.3 Å². The van der Waals surface area contributed by atoms with E-state index in [0.29, 0.717) is 5.28 Å². The van der Waals surface area contributed by atoms with E-state index < -0.39 is 0 Å². The first kappa shape index (κ1) is 12.0. The van der Waals surface area contributed by atoms with Gasteiger partial charge in [-0.25, -0.2) is 4.98 Å². The fourth-order valence-corrected chi connectivity index (χ4v) is 2.14. The maximum Gasteiger partial charge on any atom is 0.203 e. The van der Waals surface area contributed by atoms with Gasteiger partial charge in [0.2, 0.25) is 5.28 Å². The first-order valence-electron chi connectivity index (χ1n) is 5.50. The zero-order valence-electron chi connectivity index (χ0n) is 10.1. The van der Waals surface area contributed by atoms with Crippen LogP contribution in [-0.4, -0.2) is 16.7 Å². The number of ether oxygens (including phenoxy) is 1. The van der Waals surface area contributed by atoms with Crippen molar-refractivity contribution in [3.63, 3.8) is 0 Å². The summed E-state index contributed by atoms with van der Waals surface area (Å²) < 4.78 is 7.14. The minimum absolute atomic E-state index is 0.280. The van der Waals surface area contributed by atoms with Crippen LogP contribution in [0.2, 0.25) is 5.28 Å². The standard InChI is InChI=1S/C13H15ClN2O/c1-9(2)16-12(8-15-13(16)14)10-4-6-11(17-3)7-5-10/h4-9H,1-3H3. The van der Waals surface area contributed by atoms with Crippen molar-refractivity contribution in [1.29, 1.82) is 0 Å². The fourth-order valence-electron chi connectivity index (χ4n) is 1.80. The Morgan fingerprint density at radius 1 is 1.24 bits per heavy atom. The molecule has 0 bridgehead atoms. The second kappa shape index (κ2) is 4.80. The van der Waals surface area contributed by atoms with E-state index in [1.807, 2.05) is 28.8 Å². The summed E-state index contributed by atoms with van der Waals surface area (Å²) in [5.41, 5.74) is 2.10. The Labute approximate surface area is 106 Å². The summed E-state index contributed by atoms with van der Waals surface area (Å²) in [5, 5.41) is 0.519. The van der Waals surface area contributed by atoms with Gasteiger partial charge >= 0.3 is 0 Å². The SMILES string of the molecule is COc1ccc(-c2cnc(Cl)n2C(C)C)cc1. The molecule has 0 fully saturated rings. The Morgan fingerprint density at radius 2 is 1.88 bits per heavy atom. The first-order valence-corrected chi connectivity index (χ1v) is 5.88. The number of benzene rings is 1. The average molecular weight is 251 g/mol. The van der Waals surface area contributed by atoms with Crippen molar-refractivity contribution in [2.75, 3.05) is 7.11 Å². The van der Waals surface area contributed by atoms with Gasteiger partial charge in [0.25, 0.3) is 0 Å². The maximum absolute atomic E-state index is 6.08. The Balaban J connectivity index is 2.45. The van der Waals surface area contributed by atoms with Crippen molar-refractivity contribution in [3.8, 4) is 17.0 Å². The summed E-state index contributed by atoms with van der Waals surface area (Å²) in [6, 6.07) is 8.15. The second-order valence-corrected chi connectivity index (χ2v) is 4.44. The third-order valence-corrected chi connectivity index (χ3v) is 2.93. The van der Waals surface area contributed by atoms with Crippen molar-refractivity contribution in [2.24, 2.45) is 0 Å². The largest absolute Gasteiger partial charge is 0.497 e. The molecule has 3 nitrogen and oxygen atoms in total. The van der Waals surface area contributed by atoms with Crippen LogP contribution in [0.25, 0.3) is 11.3 Å².